The second kappa shape index (κ2) is 5.59. The van der Waals surface area contributed by atoms with Gasteiger partial charge in [-0.25, -0.2) is 4.39 Å². The third-order valence-corrected chi connectivity index (χ3v) is 3.29. The van der Waals surface area contributed by atoms with Gasteiger partial charge in [-0.3, -0.25) is 0 Å². The molecule has 0 aliphatic rings. The maximum absolute atomic E-state index is 13.1. The third-order valence-electron chi connectivity index (χ3n) is 2.58. The van der Waals surface area contributed by atoms with Gasteiger partial charge in [-0.2, -0.15) is 0 Å². The average molecular weight is 285 g/mol. The highest BCUT2D eigenvalue weighted by atomic mass is 35.5. The molecular formula is C14H11Cl2FO. The number of benzene rings is 2. The number of rotatable bonds is 3. The SMILES string of the molecule is Cc1ccc(F)cc1OCc1c(Cl)cccc1Cl. The summed E-state index contributed by atoms with van der Waals surface area (Å²) in [5.74, 6) is 0.159. The Morgan fingerprint density at radius 2 is 1.78 bits per heavy atom. The fraction of sp³-hybridized carbons (Fsp3) is 0.143. The van der Waals surface area contributed by atoms with E-state index >= 15 is 0 Å². The van der Waals surface area contributed by atoms with E-state index in [-0.39, 0.29) is 12.4 Å². The molecule has 2 aromatic rings. The summed E-state index contributed by atoms with van der Waals surface area (Å²) < 4.78 is 18.7. The Bertz CT molecular complexity index is 549. The summed E-state index contributed by atoms with van der Waals surface area (Å²) >= 11 is 12.1. The van der Waals surface area contributed by atoms with Gasteiger partial charge >= 0.3 is 0 Å². The molecule has 0 radical (unpaired) electrons. The van der Waals surface area contributed by atoms with E-state index in [2.05, 4.69) is 0 Å². The maximum Gasteiger partial charge on any atom is 0.126 e. The van der Waals surface area contributed by atoms with E-state index in [0.29, 0.717) is 21.4 Å². The molecule has 0 heterocycles. The summed E-state index contributed by atoms with van der Waals surface area (Å²) in [6.07, 6.45) is 0. The van der Waals surface area contributed by atoms with Gasteiger partial charge < -0.3 is 4.74 Å². The van der Waals surface area contributed by atoms with Crippen LogP contribution >= 0.6 is 23.2 Å². The number of ether oxygens (including phenoxy) is 1. The third kappa shape index (κ3) is 2.95. The van der Waals surface area contributed by atoms with Crippen LogP contribution in [0.2, 0.25) is 10.0 Å². The Kier molecular flexibility index (Phi) is 4.10. The summed E-state index contributed by atoms with van der Waals surface area (Å²) in [7, 11) is 0. The lowest BCUT2D eigenvalue weighted by molar-refractivity contribution is 0.302. The van der Waals surface area contributed by atoms with Crippen molar-refractivity contribution in [3.8, 4) is 5.75 Å². The Morgan fingerprint density at radius 1 is 1.11 bits per heavy atom. The largest absolute Gasteiger partial charge is 0.488 e. The first kappa shape index (κ1) is 13.2. The normalized spacial score (nSPS) is 10.4. The van der Waals surface area contributed by atoms with Crippen LogP contribution in [0.25, 0.3) is 0 Å². The van der Waals surface area contributed by atoms with E-state index in [1.807, 2.05) is 6.92 Å². The van der Waals surface area contributed by atoms with Crippen molar-refractivity contribution < 1.29 is 9.13 Å². The Morgan fingerprint density at radius 3 is 2.44 bits per heavy atom. The summed E-state index contributed by atoms with van der Waals surface area (Å²) in [6, 6.07) is 9.65. The summed E-state index contributed by atoms with van der Waals surface area (Å²) in [4.78, 5) is 0. The topological polar surface area (TPSA) is 9.23 Å². The van der Waals surface area contributed by atoms with Crippen LogP contribution in [-0.4, -0.2) is 0 Å². The molecule has 0 saturated carbocycles. The van der Waals surface area contributed by atoms with Crippen LogP contribution < -0.4 is 4.74 Å². The van der Waals surface area contributed by atoms with E-state index < -0.39 is 0 Å². The van der Waals surface area contributed by atoms with Gasteiger partial charge in [-0.05, 0) is 30.7 Å². The molecule has 0 fully saturated rings. The zero-order valence-electron chi connectivity index (χ0n) is 9.71. The van der Waals surface area contributed by atoms with Crippen LogP contribution in [-0.2, 0) is 6.61 Å². The number of halogens is 3. The number of hydrogen-bond donors (Lipinski definition) is 0. The van der Waals surface area contributed by atoms with Crippen LogP contribution in [0.15, 0.2) is 36.4 Å². The van der Waals surface area contributed by atoms with E-state index in [4.69, 9.17) is 27.9 Å². The second-order valence-corrected chi connectivity index (χ2v) is 4.71. The van der Waals surface area contributed by atoms with Gasteiger partial charge in [0.2, 0.25) is 0 Å². The van der Waals surface area contributed by atoms with Crippen LogP contribution in [0.5, 0.6) is 5.75 Å². The van der Waals surface area contributed by atoms with Gasteiger partial charge in [0.25, 0.3) is 0 Å². The lowest BCUT2D eigenvalue weighted by atomic mass is 10.2. The van der Waals surface area contributed by atoms with Crippen molar-refractivity contribution in [3.63, 3.8) is 0 Å². The van der Waals surface area contributed by atoms with Gasteiger partial charge in [0, 0.05) is 21.7 Å². The van der Waals surface area contributed by atoms with Crippen molar-refractivity contribution in [1.82, 2.24) is 0 Å². The first-order valence-electron chi connectivity index (χ1n) is 5.40. The van der Waals surface area contributed by atoms with Crippen molar-refractivity contribution in [1.29, 1.82) is 0 Å². The molecule has 0 amide bonds. The Balaban J connectivity index is 2.19. The highest BCUT2D eigenvalue weighted by molar-refractivity contribution is 6.35. The first-order valence-corrected chi connectivity index (χ1v) is 6.15. The van der Waals surface area contributed by atoms with Gasteiger partial charge in [0.1, 0.15) is 18.2 Å². The second-order valence-electron chi connectivity index (χ2n) is 3.90. The molecule has 94 valence electrons. The summed E-state index contributed by atoms with van der Waals surface area (Å²) in [5.41, 5.74) is 1.56. The van der Waals surface area contributed by atoms with Crippen molar-refractivity contribution in [2.75, 3.05) is 0 Å². The molecule has 2 aromatic carbocycles. The quantitative estimate of drug-likeness (QED) is 0.769. The van der Waals surface area contributed by atoms with E-state index in [1.54, 1.807) is 24.3 Å². The van der Waals surface area contributed by atoms with Crippen molar-refractivity contribution in [2.24, 2.45) is 0 Å². The number of aryl methyl sites for hydroxylation is 1. The maximum atomic E-state index is 13.1. The molecule has 0 aliphatic carbocycles. The van der Waals surface area contributed by atoms with Gasteiger partial charge in [0.15, 0.2) is 0 Å². The molecule has 0 saturated heterocycles. The fourth-order valence-electron chi connectivity index (χ4n) is 1.55. The monoisotopic (exact) mass is 284 g/mol. The lowest BCUT2D eigenvalue weighted by Crippen LogP contribution is -1.99. The molecule has 0 aromatic heterocycles. The minimum atomic E-state index is -0.333. The molecule has 1 nitrogen and oxygen atoms in total. The van der Waals surface area contributed by atoms with Crippen LogP contribution in [0, 0.1) is 12.7 Å². The fourth-order valence-corrected chi connectivity index (χ4v) is 2.06. The molecule has 0 spiro atoms. The molecule has 0 aliphatic heterocycles. The highest BCUT2D eigenvalue weighted by Gasteiger charge is 2.08. The first-order chi connectivity index (χ1) is 8.58. The molecule has 0 bridgehead atoms. The zero-order valence-corrected chi connectivity index (χ0v) is 11.2. The van der Waals surface area contributed by atoms with Crippen molar-refractivity contribution in [3.05, 3.63) is 63.4 Å². The predicted octanol–water partition coefficient (Wildman–Crippen LogP) is 5.02. The van der Waals surface area contributed by atoms with E-state index in [0.717, 1.165) is 5.56 Å². The van der Waals surface area contributed by atoms with Crippen molar-refractivity contribution in [2.45, 2.75) is 13.5 Å². The average Bonchev–Trinajstić information content (AvgIpc) is 2.33. The molecule has 18 heavy (non-hydrogen) atoms. The highest BCUT2D eigenvalue weighted by Crippen LogP contribution is 2.27. The summed E-state index contributed by atoms with van der Waals surface area (Å²) in [6.45, 7) is 2.06. The van der Waals surface area contributed by atoms with Gasteiger partial charge in [0.05, 0.1) is 0 Å². The molecule has 4 heteroatoms. The minimum Gasteiger partial charge on any atom is -0.488 e. The lowest BCUT2D eigenvalue weighted by Gasteiger charge is -2.11. The Labute approximate surface area is 115 Å². The smallest absolute Gasteiger partial charge is 0.126 e. The van der Waals surface area contributed by atoms with E-state index in [1.165, 1.54) is 12.1 Å². The van der Waals surface area contributed by atoms with Crippen molar-refractivity contribution >= 4 is 23.2 Å². The molecule has 0 atom stereocenters. The molecule has 0 N–H and O–H groups in total. The molecular weight excluding hydrogens is 274 g/mol. The zero-order chi connectivity index (χ0) is 13.1. The molecule has 2 rings (SSSR count). The van der Waals surface area contributed by atoms with Crippen LogP contribution in [0.4, 0.5) is 4.39 Å². The predicted molar refractivity (Wildman–Crippen MR) is 71.9 cm³/mol. The van der Waals surface area contributed by atoms with Gasteiger partial charge in [-0.1, -0.05) is 35.3 Å². The van der Waals surface area contributed by atoms with Gasteiger partial charge in [-0.15, -0.1) is 0 Å². The summed E-state index contributed by atoms with van der Waals surface area (Å²) in [5, 5.41) is 1.08. The van der Waals surface area contributed by atoms with Crippen LogP contribution in [0.3, 0.4) is 0 Å². The Hall–Kier alpha value is -1.25. The standard InChI is InChI=1S/C14H11Cl2FO/c1-9-5-6-10(17)7-14(9)18-8-11-12(15)3-2-4-13(11)16/h2-7H,8H2,1H3. The minimum absolute atomic E-state index is 0.211. The van der Waals surface area contributed by atoms with E-state index in [9.17, 15) is 4.39 Å². The number of hydrogen-bond acceptors (Lipinski definition) is 1. The van der Waals surface area contributed by atoms with Crippen LogP contribution in [0.1, 0.15) is 11.1 Å². The molecule has 0 unspecified atom stereocenters.